The number of aromatic amines is 1. The number of benzene rings is 1. The number of fused-ring (bicyclic) bond motifs is 1. The molecule has 5 heteroatoms. The van der Waals surface area contributed by atoms with Crippen LogP contribution in [0.5, 0.6) is 0 Å². The molecule has 4 nitrogen and oxygen atoms in total. The average Bonchev–Trinajstić information content (AvgIpc) is 2.46. The van der Waals surface area contributed by atoms with E-state index >= 15 is 0 Å². The summed E-state index contributed by atoms with van der Waals surface area (Å²) in [5.74, 6) is 0.668. The number of rotatable bonds is 3. The number of nitrogens with one attached hydrogen (secondary N) is 1. The lowest BCUT2D eigenvalue weighted by atomic mass is 10.1. The highest BCUT2D eigenvalue weighted by atomic mass is 32.1. The van der Waals surface area contributed by atoms with Gasteiger partial charge in [-0.25, -0.2) is 4.98 Å². The molecule has 1 aromatic carbocycles. The Morgan fingerprint density at radius 3 is 2.95 bits per heavy atom. The SMILES string of the molecule is COCc1cc(=S)nc(-c2nccc3ccccc23)[nH]1. The topological polar surface area (TPSA) is 50.8 Å². The van der Waals surface area contributed by atoms with Crippen molar-refractivity contribution in [2.75, 3.05) is 7.11 Å². The quantitative estimate of drug-likeness (QED) is 0.747. The van der Waals surface area contributed by atoms with Crippen molar-refractivity contribution in [3.63, 3.8) is 0 Å². The van der Waals surface area contributed by atoms with E-state index in [0.29, 0.717) is 17.1 Å². The molecule has 0 atom stereocenters. The highest BCUT2D eigenvalue weighted by Crippen LogP contribution is 2.23. The number of H-pyrrole nitrogens is 1. The van der Waals surface area contributed by atoms with Gasteiger partial charge in [-0.15, -0.1) is 0 Å². The van der Waals surface area contributed by atoms with Crippen molar-refractivity contribution in [3.05, 3.63) is 52.9 Å². The van der Waals surface area contributed by atoms with Gasteiger partial charge in [-0.2, -0.15) is 0 Å². The van der Waals surface area contributed by atoms with Gasteiger partial charge < -0.3 is 9.72 Å². The number of hydrogen-bond donors (Lipinski definition) is 1. The number of ether oxygens (including phenoxy) is 1. The minimum absolute atomic E-state index is 0.462. The molecule has 100 valence electrons. The number of hydrogen-bond acceptors (Lipinski definition) is 4. The molecule has 3 rings (SSSR count). The first-order valence-corrected chi connectivity index (χ1v) is 6.62. The van der Waals surface area contributed by atoms with Crippen LogP contribution in [0.1, 0.15) is 5.69 Å². The Hall–Kier alpha value is -2.11. The maximum absolute atomic E-state index is 5.21. The van der Waals surface area contributed by atoms with Crippen LogP contribution in [0.4, 0.5) is 0 Å². The molecule has 2 aromatic heterocycles. The standard InChI is InChI=1S/C15H13N3OS/c1-19-9-11-8-13(20)18-15(17-11)14-12-5-3-2-4-10(12)6-7-16-14/h2-8H,9H2,1H3,(H,17,18,20). The van der Waals surface area contributed by atoms with Crippen LogP contribution in [0, 0.1) is 4.64 Å². The molecule has 0 spiro atoms. The highest BCUT2D eigenvalue weighted by molar-refractivity contribution is 7.71. The lowest BCUT2D eigenvalue weighted by Crippen LogP contribution is -1.99. The smallest absolute Gasteiger partial charge is 0.158 e. The molecule has 3 aromatic rings. The molecule has 0 bridgehead atoms. The number of pyridine rings is 1. The molecule has 0 radical (unpaired) electrons. The number of aromatic nitrogens is 3. The molecule has 20 heavy (non-hydrogen) atoms. The molecular formula is C15H13N3OS. The molecule has 0 saturated heterocycles. The Labute approximate surface area is 121 Å². The third kappa shape index (κ3) is 2.45. The van der Waals surface area contributed by atoms with Crippen molar-refractivity contribution >= 4 is 23.0 Å². The van der Waals surface area contributed by atoms with E-state index in [1.165, 1.54) is 0 Å². The Balaban J connectivity index is 2.23. The minimum atomic E-state index is 0.462. The van der Waals surface area contributed by atoms with Gasteiger partial charge in [0.05, 0.1) is 6.61 Å². The summed E-state index contributed by atoms with van der Waals surface area (Å²) in [5.41, 5.74) is 1.68. The highest BCUT2D eigenvalue weighted by Gasteiger charge is 2.08. The lowest BCUT2D eigenvalue weighted by molar-refractivity contribution is 0.181. The van der Waals surface area contributed by atoms with Crippen LogP contribution in [0.3, 0.4) is 0 Å². The molecule has 0 aliphatic heterocycles. The van der Waals surface area contributed by atoms with Crippen LogP contribution in [0.25, 0.3) is 22.3 Å². The summed E-state index contributed by atoms with van der Waals surface area (Å²) in [6.07, 6.45) is 1.78. The van der Waals surface area contributed by atoms with Crippen LogP contribution in [0.2, 0.25) is 0 Å². The van der Waals surface area contributed by atoms with Crippen LogP contribution in [-0.4, -0.2) is 22.1 Å². The van der Waals surface area contributed by atoms with Crippen LogP contribution in [-0.2, 0) is 11.3 Å². The second kappa shape index (κ2) is 5.48. The molecule has 0 amide bonds. The average molecular weight is 283 g/mol. The Bertz CT molecular complexity index is 808. The zero-order valence-electron chi connectivity index (χ0n) is 11.0. The first-order chi connectivity index (χ1) is 9.78. The van der Waals surface area contributed by atoms with Gasteiger partial charge in [0, 0.05) is 24.4 Å². The van der Waals surface area contributed by atoms with Gasteiger partial charge >= 0.3 is 0 Å². The summed E-state index contributed by atoms with van der Waals surface area (Å²) < 4.78 is 5.66. The normalized spacial score (nSPS) is 10.8. The molecule has 2 heterocycles. The van der Waals surface area contributed by atoms with Crippen molar-refractivity contribution in [2.45, 2.75) is 6.61 Å². The summed E-state index contributed by atoms with van der Waals surface area (Å²) >= 11 is 5.21. The van der Waals surface area contributed by atoms with E-state index in [0.717, 1.165) is 22.2 Å². The van der Waals surface area contributed by atoms with E-state index in [2.05, 4.69) is 15.0 Å². The fourth-order valence-electron chi connectivity index (χ4n) is 2.16. The second-order valence-electron chi connectivity index (χ2n) is 4.41. The summed E-state index contributed by atoms with van der Waals surface area (Å²) in [6, 6.07) is 11.8. The fraction of sp³-hybridized carbons (Fsp3) is 0.133. The van der Waals surface area contributed by atoms with Gasteiger partial charge in [-0.1, -0.05) is 36.5 Å². The molecule has 0 unspecified atom stereocenters. The number of methoxy groups -OCH3 is 1. The lowest BCUT2D eigenvalue weighted by Gasteiger charge is -2.07. The van der Waals surface area contributed by atoms with Crippen molar-refractivity contribution in [2.24, 2.45) is 0 Å². The van der Waals surface area contributed by atoms with E-state index in [1.54, 1.807) is 19.4 Å². The molecule has 0 aliphatic carbocycles. The summed E-state index contributed by atoms with van der Waals surface area (Å²) in [5, 5.41) is 2.17. The minimum Gasteiger partial charge on any atom is -0.378 e. The van der Waals surface area contributed by atoms with E-state index in [4.69, 9.17) is 17.0 Å². The van der Waals surface area contributed by atoms with Gasteiger partial charge in [0.1, 0.15) is 10.3 Å². The largest absolute Gasteiger partial charge is 0.378 e. The van der Waals surface area contributed by atoms with Crippen molar-refractivity contribution < 1.29 is 4.74 Å². The Morgan fingerprint density at radius 2 is 2.10 bits per heavy atom. The van der Waals surface area contributed by atoms with Gasteiger partial charge in [0.15, 0.2) is 5.82 Å². The van der Waals surface area contributed by atoms with E-state index in [9.17, 15) is 0 Å². The molecular weight excluding hydrogens is 270 g/mol. The molecule has 1 N–H and O–H groups in total. The van der Waals surface area contributed by atoms with E-state index < -0.39 is 0 Å². The predicted molar refractivity (Wildman–Crippen MR) is 80.9 cm³/mol. The second-order valence-corrected chi connectivity index (χ2v) is 4.83. The molecule has 0 saturated carbocycles. The summed E-state index contributed by atoms with van der Waals surface area (Å²) in [7, 11) is 1.65. The third-order valence-corrected chi connectivity index (χ3v) is 3.21. The third-order valence-electron chi connectivity index (χ3n) is 3.00. The van der Waals surface area contributed by atoms with Gasteiger partial charge in [0.2, 0.25) is 0 Å². The number of nitrogens with zero attached hydrogens (tertiary/aromatic N) is 2. The zero-order valence-corrected chi connectivity index (χ0v) is 11.8. The first kappa shape index (κ1) is 12.9. The molecule has 0 aliphatic rings. The Kier molecular flexibility index (Phi) is 3.54. The van der Waals surface area contributed by atoms with Crippen molar-refractivity contribution in [1.82, 2.24) is 15.0 Å². The van der Waals surface area contributed by atoms with Crippen LogP contribution >= 0.6 is 12.2 Å². The summed E-state index contributed by atoms with van der Waals surface area (Å²) in [4.78, 5) is 12.0. The maximum Gasteiger partial charge on any atom is 0.158 e. The monoisotopic (exact) mass is 283 g/mol. The van der Waals surface area contributed by atoms with Gasteiger partial charge in [-0.3, -0.25) is 4.98 Å². The van der Waals surface area contributed by atoms with Gasteiger partial charge in [0.25, 0.3) is 0 Å². The maximum atomic E-state index is 5.21. The first-order valence-electron chi connectivity index (χ1n) is 6.21. The van der Waals surface area contributed by atoms with E-state index in [-0.39, 0.29) is 0 Å². The Morgan fingerprint density at radius 1 is 1.25 bits per heavy atom. The predicted octanol–water partition coefficient (Wildman–Crippen LogP) is 3.50. The van der Waals surface area contributed by atoms with Crippen LogP contribution in [0.15, 0.2) is 42.6 Å². The summed E-state index contributed by atoms with van der Waals surface area (Å²) in [6.45, 7) is 0.462. The fourth-order valence-corrected chi connectivity index (χ4v) is 2.39. The van der Waals surface area contributed by atoms with Crippen molar-refractivity contribution in [3.8, 4) is 11.5 Å². The van der Waals surface area contributed by atoms with Gasteiger partial charge in [-0.05, 0) is 17.5 Å². The van der Waals surface area contributed by atoms with E-state index in [1.807, 2.05) is 30.3 Å². The molecule has 0 fully saturated rings. The zero-order chi connectivity index (χ0) is 13.9. The van der Waals surface area contributed by atoms with Crippen LogP contribution < -0.4 is 0 Å². The van der Waals surface area contributed by atoms with Crippen molar-refractivity contribution in [1.29, 1.82) is 0 Å².